The van der Waals surface area contributed by atoms with Gasteiger partial charge < -0.3 is 39.4 Å². The van der Waals surface area contributed by atoms with Crippen molar-refractivity contribution in [2.75, 3.05) is 26.9 Å². The van der Waals surface area contributed by atoms with E-state index in [1.807, 2.05) is 72.8 Å². The lowest BCUT2D eigenvalue weighted by Crippen LogP contribution is -2.33. The first-order chi connectivity index (χ1) is 41.1. The van der Waals surface area contributed by atoms with Gasteiger partial charge in [-0.2, -0.15) is 0 Å². The average Bonchev–Trinajstić information content (AvgIpc) is 3.71. The maximum Gasteiger partial charge on any atom is 0.142 e. The van der Waals surface area contributed by atoms with Gasteiger partial charge in [0.2, 0.25) is 0 Å². The molecule has 432 valence electrons. The monoisotopic (exact) mass is 1120 g/mol. The van der Waals surface area contributed by atoms with Crippen LogP contribution in [-0.2, 0) is 52.4 Å². The smallest absolute Gasteiger partial charge is 0.142 e. The lowest BCUT2D eigenvalue weighted by molar-refractivity contribution is 0.0843. The summed E-state index contributed by atoms with van der Waals surface area (Å²) >= 11 is 0. The minimum Gasteiger partial charge on any atom is -0.507 e. The van der Waals surface area contributed by atoms with Crippen LogP contribution in [0, 0.1) is 0 Å². The number of nitrogens with zero attached hydrogens (tertiary/aromatic N) is 4. The van der Waals surface area contributed by atoms with Crippen LogP contribution in [0.3, 0.4) is 0 Å². The molecule has 1 aliphatic carbocycles. The fourth-order valence-corrected chi connectivity index (χ4v) is 14.3. The highest BCUT2D eigenvalue weighted by atomic mass is 16.5. The van der Waals surface area contributed by atoms with Gasteiger partial charge in [0.1, 0.15) is 72.9 Å². The molecule has 0 saturated carbocycles. The Hall–Kier alpha value is -8.00. The third kappa shape index (κ3) is 10.3. The highest BCUT2D eigenvalue weighted by Gasteiger charge is 2.41. The van der Waals surface area contributed by atoms with Crippen LogP contribution in [0.5, 0.6) is 46.0 Å². The SMILES string of the molecule is CC[C@H]1c2cc(c3c(c2O)CN(Cc2ccccc2)CO3)[C@@H](CC)c2cc(c3c(c2O)CN(Cc2ccccc2)CO3)[C@@H](CC)c2cc(c3c(c2O)CN(Cc2ccccc2)CO3)[C@@H](CC)c2cc1c1c(c2O)CN(Cc2ccccc2)CO1. The molecule has 8 aromatic rings. The van der Waals surface area contributed by atoms with Crippen molar-refractivity contribution in [2.24, 2.45) is 0 Å². The number of fused-ring (bicyclic) bond motifs is 16. The van der Waals surface area contributed by atoms with Crippen molar-refractivity contribution in [1.29, 1.82) is 0 Å². The molecule has 4 atom stereocenters. The van der Waals surface area contributed by atoms with E-state index < -0.39 is 23.7 Å². The quantitative estimate of drug-likeness (QED) is 0.0929. The molecule has 13 rings (SSSR count). The summed E-state index contributed by atoms with van der Waals surface area (Å²) in [7, 11) is 0. The fraction of sp³-hybridized carbons (Fsp3) is 0.333. The number of ether oxygens (including phenoxy) is 4. The van der Waals surface area contributed by atoms with Gasteiger partial charge in [-0.05, 0) is 72.2 Å². The lowest BCUT2D eigenvalue weighted by Gasteiger charge is -2.38. The number of aromatic hydroxyl groups is 4. The molecule has 0 amide bonds. The van der Waals surface area contributed by atoms with E-state index in [1.54, 1.807) is 0 Å². The van der Waals surface area contributed by atoms with Crippen LogP contribution in [0.1, 0.15) is 166 Å². The van der Waals surface area contributed by atoms with E-state index in [9.17, 15) is 20.4 Å². The van der Waals surface area contributed by atoms with Gasteiger partial charge in [0.05, 0.1) is 22.3 Å². The predicted molar refractivity (Wildman–Crippen MR) is 326 cm³/mol. The molecule has 0 aromatic heterocycles. The predicted octanol–water partition coefficient (Wildman–Crippen LogP) is 14.4. The van der Waals surface area contributed by atoms with Crippen molar-refractivity contribution in [3.63, 3.8) is 0 Å². The molecular weight excluding hydrogens is 1050 g/mol. The van der Waals surface area contributed by atoms with Crippen LogP contribution in [0.4, 0.5) is 0 Å². The maximum absolute atomic E-state index is 13.2. The van der Waals surface area contributed by atoms with Gasteiger partial charge in [-0.25, -0.2) is 0 Å². The minimum atomic E-state index is -0.417. The summed E-state index contributed by atoms with van der Waals surface area (Å²) in [6, 6.07) is 50.0. The summed E-state index contributed by atoms with van der Waals surface area (Å²) in [4.78, 5) is 8.88. The molecule has 0 fully saturated rings. The zero-order valence-electron chi connectivity index (χ0n) is 48.7. The number of hydrogen-bond acceptors (Lipinski definition) is 12. The van der Waals surface area contributed by atoms with Gasteiger partial charge in [0.15, 0.2) is 0 Å². The maximum atomic E-state index is 13.2. The van der Waals surface area contributed by atoms with Gasteiger partial charge in [-0.3, -0.25) is 19.6 Å². The summed E-state index contributed by atoms with van der Waals surface area (Å²) in [5.74, 6) is 1.51. The Kier molecular flexibility index (Phi) is 15.5. The van der Waals surface area contributed by atoms with Crippen LogP contribution >= 0.6 is 0 Å². The Morgan fingerprint density at radius 2 is 0.512 bits per heavy atom. The number of rotatable bonds is 12. The molecule has 0 unspecified atom stereocenters. The first-order valence-corrected chi connectivity index (χ1v) is 30.2. The van der Waals surface area contributed by atoms with Crippen molar-refractivity contribution >= 4 is 0 Å². The molecule has 0 saturated heterocycles. The molecule has 4 heterocycles. The molecule has 8 aromatic carbocycles. The Morgan fingerprint density at radius 1 is 0.310 bits per heavy atom. The number of phenolic OH excluding ortho intramolecular Hbond substituents is 4. The van der Waals surface area contributed by atoms with Crippen LogP contribution in [0.2, 0.25) is 0 Å². The Labute approximate surface area is 493 Å². The third-order valence-corrected chi connectivity index (χ3v) is 18.4. The van der Waals surface area contributed by atoms with Gasteiger partial charge in [-0.15, -0.1) is 0 Å². The second kappa shape index (κ2) is 23.6. The van der Waals surface area contributed by atoms with Crippen molar-refractivity contribution in [3.8, 4) is 46.0 Å². The minimum absolute atomic E-state index is 0.170. The summed E-state index contributed by atoms with van der Waals surface area (Å²) in [5.41, 5.74) is 13.8. The molecule has 12 nitrogen and oxygen atoms in total. The second-order valence-electron chi connectivity index (χ2n) is 23.7. The summed E-state index contributed by atoms with van der Waals surface area (Å²) in [6.45, 7) is 14.0. The highest BCUT2D eigenvalue weighted by molar-refractivity contribution is 5.69. The van der Waals surface area contributed by atoms with E-state index in [-0.39, 0.29) is 23.0 Å². The Morgan fingerprint density at radius 3 is 0.702 bits per heavy atom. The van der Waals surface area contributed by atoms with E-state index >= 15 is 0 Å². The van der Waals surface area contributed by atoms with Crippen LogP contribution in [-0.4, -0.2) is 66.9 Å². The van der Waals surface area contributed by atoms with Gasteiger partial charge in [-0.1, -0.05) is 149 Å². The third-order valence-electron chi connectivity index (χ3n) is 18.4. The molecular formula is C72H76N4O8. The first kappa shape index (κ1) is 55.2. The zero-order valence-corrected chi connectivity index (χ0v) is 48.7. The molecule has 0 radical (unpaired) electrons. The summed E-state index contributed by atoms with van der Waals surface area (Å²) in [6.07, 6.45) is 2.34. The summed E-state index contributed by atoms with van der Waals surface area (Å²) in [5, 5.41) is 52.9. The van der Waals surface area contributed by atoms with Crippen LogP contribution in [0.25, 0.3) is 0 Å². The average molecular weight is 1130 g/mol. The standard InChI is InChI=1S/C72H76N4O8/c1-5-49-53-29-58(70-61(65(53)77)37-73(42-82-70)33-45-21-13-9-14-22-45)51(7-3)55-31-60(72-63(67(55)79)39-75(44-84-72)35-47-25-17-11-18-26-47)52(8-4)56-32-59(71-64(68(56)80)40-76(43-83-71)36-48-27-19-12-20-28-48)50(6-2)54-30-57(49)69-62(66(54)78)38-74(41-81-69)34-46-23-15-10-16-24-46/h9-32,49-52,77-80H,5-8,33-44H2,1-4H3/t49-,50-,51-,52-/m0/s1. The molecule has 4 N–H and O–H groups in total. The molecule has 8 bridgehead atoms. The van der Waals surface area contributed by atoms with Crippen LogP contribution < -0.4 is 18.9 Å². The van der Waals surface area contributed by atoms with Crippen molar-refractivity contribution in [2.45, 2.75) is 129 Å². The molecule has 0 spiro atoms. The first-order valence-electron chi connectivity index (χ1n) is 30.2. The zero-order chi connectivity index (χ0) is 57.6. The second-order valence-corrected chi connectivity index (χ2v) is 23.7. The van der Waals surface area contributed by atoms with Gasteiger partial charge >= 0.3 is 0 Å². The van der Waals surface area contributed by atoms with E-state index in [1.165, 1.54) is 0 Å². The Balaban J connectivity index is 1.07. The fourth-order valence-electron chi connectivity index (χ4n) is 14.3. The molecule has 5 aliphatic rings. The number of benzene rings is 8. The topological polar surface area (TPSA) is 131 Å². The largest absolute Gasteiger partial charge is 0.507 e. The normalized spacial score (nSPS) is 19.6. The van der Waals surface area contributed by atoms with Gasteiger partial charge in [0.25, 0.3) is 0 Å². The van der Waals surface area contributed by atoms with E-state index in [2.05, 4.69) is 120 Å². The van der Waals surface area contributed by atoms with E-state index in [0.29, 0.717) is 150 Å². The van der Waals surface area contributed by atoms with Crippen molar-refractivity contribution in [1.82, 2.24) is 19.6 Å². The van der Waals surface area contributed by atoms with Crippen molar-refractivity contribution < 1.29 is 39.4 Å². The summed E-state index contributed by atoms with van der Waals surface area (Å²) < 4.78 is 27.9. The molecule has 84 heavy (non-hydrogen) atoms. The van der Waals surface area contributed by atoms with E-state index in [0.717, 1.165) is 66.8 Å². The highest BCUT2D eigenvalue weighted by Crippen LogP contribution is 2.57. The Bertz CT molecular complexity index is 3210. The molecule has 12 heteroatoms. The molecule has 4 aliphatic heterocycles. The van der Waals surface area contributed by atoms with E-state index in [4.69, 9.17) is 18.9 Å². The lowest BCUT2D eigenvalue weighted by atomic mass is 9.75. The van der Waals surface area contributed by atoms with Crippen LogP contribution in [0.15, 0.2) is 146 Å². The van der Waals surface area contributed by atoms with Gasteiger partial charge in [0, 0.05) is 121 Å². The van der Waals surface area contributed by atoms with Crippen molar-refractivity contribution in [3.05, 3.63) is 235 Å². The number of hydrogen-bond donors (Lipinski definition) is 4. The number of phenols is 4.